The van der Waals surface area contributed by atoms with Crippen molar-refractivity contribution in [2.24, 2.45) is 0 Å². The molecule has 0 fully saturated rings. The Bertz CT molecular complexity index is 680. The Hall–Kier alpha value is -2.09. The van der Waals surface area contributed by atoms with Crippen LogP contribution in [0.1, 0.15) is 11.1 Å². The van der Waals surface area contributed by atoms with Crippen LogP contribution in [0.4, 0.5) is 0 Å². The minimum atomic E-state index is 0.948. The van der Waals surface area contributed by atoms with E-state index in [1.807, 2.05) is 12.4 Å². The van der Waals surface area contributed by atoms with E-state index < -0.39 is 0 Å². The van der Waals surface area contributed by atoms with E-state index in [0.29, 0.717) is 0 Å². The smallest absolute Gasteiger partial charge is 0.137 e. The van der Waals surface area contributed by atoms with Crippen molar-refractivity contribution < 1.29 is 0 Å². The number of nitrogens with zero attached hydrogens (tertiary/aromatic N) is 1. The third-order valence-electron chi connectivity index (χ3n) is 3.14. The average molecular weight is 222 g/mol. The normalized spacial score (nSPS) is 10.9. The number of aromatic nitrogens is 2. The van der Waals surface area contributed by atoms with Crippen molar-refractivity contribution in [3.8, 4) is 11.1 Å². The average Bonchev–Trinajstić information content (AvgIpc) is 2.80. The number of aromatic amines is 1. The van der Waals surface area contributed by atoms with Crippen LogP contribution in [-0.2, 0) is 0 Å². The summed E-state index contributed by atoms with van der Waals surface area (Å²) < 4.78 is 0. The Morgan fingerprint density at radius 2 is 1.88 bits per heavy atom. The first-order valence-electron chi connectivity index (χ1n) is 5.75. The van der Waals surface area contributed by atoms with Crippen molar-refractivity contribution in [2.75, 3.05) is 0 Å². The van der Waals surface area contributed by atoms with E-state index in [9.17, 15) is 0 Å². The fraction of sp³-hybridized carbons (Fsp3) is 0.133. The molecule has 1 N–H and O–H groups in total. The second kappa shape index (κ2) is 3.74. The van der Waals surface area contributed by atoms with Gasteiger partial charge >= 0.3 is 0 Å². The maximum Gasteiger partial charge on any atom is 0.137 e. The minimum absolute atomic E-state index is 0.948. The summed E-state index contributed by atoms with van der Waals surface area (Å²) >= 11 is 0. The molecule has 0 saturated heterocycles. The zero-order valence-electron chi connectivity index (χ0n) is 9.99. The van der Waals surface area contributed by atoms with E-state index in [4.69, 9.17) is 0 Å². The van der Waals surface area contributed by atoms with Crippen LogP contribution in [0.3, 0.4) is 0 Å². The minimum Gasteiger partial charge on any atom is -0.346 e. The number of hydrogen-bond donors (Lipinski definition) is 1. The van der Waals surface area contributed by atoms with E-state index in [2.05, 4.69) is 54.1 Å². The summed E-state index contributed by atoms with van der Waals surface area (Å²) in [5.74, 6) is 0. The van der Waals surface area contributed by atoms with Crippen LogP contribution >= 0.6 is 0 Å². The second-order valence-corrected chi connectivity index (χ2v) is 4.42. The summed E-state index contributed by atoms with van der Waals surface area (Å²) in [6.45, 7) is 4.27. The Labute approximate surface area is 100 Å². The van der Waals surface area contributed by atoms with E-state index in [1.165, 1.54) is 27.6 Å². The Balaban J connectivity index is 2.34. The maximum atomic E-state index is 4.32. The summed E-state index contributed by atoms with van der Waals surface area (Å²) in [6.07, 6.45) is 3.79. The van der Waals surface area contributed by atoms with Crippen molar-refractivity contribution >= 4 is 11.0 Å². The second-order valence-electron chi connectivity index (χ2n) is 4.42. The third kappa shape index (κ3) is 1.62. The standard InChI is InChI=1S/C15H14N2/c1-10-3-4-11(2)14(9-10)12-5-7-16-15-13(12)6-8-17-15/h3-9H,1-2H3,(H,16,17). The van der Waals surface area contributed by atoms with Gasteiger partial charge in [-0.2, -0.15) is 0 Å². The van der Waals surface area contributed by atoms with Crippen LogP contribution in [0.5, 0.6) is 0 Å². The van der Waals surface area contributed by atoms with Gasteiger partial charge in [0.1, 0.15) is 5.65 Å². The zero-order valence-corrected chi connectivity index (χ0v) is 9.99. The molecule has 2 heterocycles. The van der Waals surface area contributed by atoms with Gasteiger partial charge in [-0.25, -0.2) is 4.98 Å². The lowest BCUT2D eigenvalue weighted by molar-refractivity contribution is 1.32. The number of H-pyrrole nitrogens is 1. The van der Waals surface area contributed by atoms with Gasteiger partial charge in [0.25, 0.3) is 0 Å². The fourth-order valence-electron chi connectivity index (χ4n) is 2.22. The lowest BCUT2D eigenvalue weighted by atomic mass is 9.97. The molecule has 0 aliphatic rings. The van der Waals surface area contributed by atoms with Crippen molar-refractivity contribution in [3.63, 3.8) is 0 Å². The van der Waals surface area contributed by atoms with Crippen molar-refractivity contribution in [2.45, 2.75) is 13.8 Å². The zero-order chi connectivity index (χ0) is 11.8. The van der Waals surface area contributed by atoms with Crippen LogP contribution in [0.15, 0.2) is 42.7 Å². The SMILES string of the molecule is Cc1ccc(C)c(-c2ccnc3[nH]ccc23)c1. The van der Waals surface area contributed by atoms with Crippen LogP contribution in [0, 0.1) is 13.8 Å². The first kappa shape index (κ1) is 10.1. The molecular weight excluding hydrogens is 208 g/mol. The largest absolute Gasteiger partial charge is 0.346 e. The van der Waals surface area contributed by atoms with Crippen LogP contribution in [0.2, 0.25) is 0 Å². The number of fused-ring (bicyclic) bond motifs is 1. The molecule has 3 aromatic rings. The first-order valence-corrected chi connectivity index (χ1v) is 5.75. The molecule has 0 spiro atoms. The molecular formula is C15H14N2. The highest BCUT2D eigenvalue weighted by Crippen LogP contribution is 2.29. The summed E-state index contributed by atoms with van der Waals surface area (Å²) in [7, 11) is 0. The summed E-state index contributed by atoms with van der Waals surface area (Å²) in [6, 6.07) is 10.7. The molecule has 0 radical (unpaired) electrons. The molecule has 0 aliphatic carbocycles. The summed E-state index contributed by atoms with van der Waals surface area (Å²) in [5.41, 5.74) is 6.06. The van der Waals surface area contributed by atoms with Crippen LogP contribution < -0.4 is 0 Å². The Morgan fingerprint density at radius 1 is 1.00 bits per heavy atom. The summed E-state index contributed by atoms with van der Waals surface area (Å²) in [5, 5.41) is 1.18. The predicted molar refractivity (Wildman–Crippen MR) is 71.0 cm³/mol. The van der Waals surface area contributed by atoms with E-state index in [-0.39, 0.29) is 0 Å². The highest BCUT2D eigenvalue weighted by Gasteiger charge is 2.07. The number of benzene rings is 1. The predicted octanol–water partition coefficient (Wildman–Crippen LogP) is 3.85. The van der Waals surface area contributed by atoms with Crippen molar-refractivity contribution in [1.29, 1.82) is 0 Å². The van der Waals surface area contributed by atoms with Gasteiger partial charge in [0.15, 0.2) is 0 Å². The van der Waals surface area contributed by atoms with Crippen molar-refractivity contribution in [3.05, 3.63) is 53.9 Å². The molecule has 2 nitrogen and oxygen atoms in total. The molecule has 0 unspecified atom stereocenters. The molecule has 3 rings (SSSR count). The number of rotatable bonds is 1. The van der Waals surface area contributed by atoms with Gasteiger partial charge in [0.05, 0.1) is 0 Å². The summed E-state index contributed by atoms with van der Waals surface area (Å²) in [4.78, 5) is 7.48. The topological polar surface area (TPSA) is 28.7 Å². The molecule has 84 valence electrons. The van der Waals surface area contributed by atoms with Gasteiger partial charge in [-0.3, -0.25) is 0 Å². The first-order chi connectivity index (χ1) is 8.25. The van der Waals surface area contributed by atoms with Gasteiger partial charge in [-0.05, 0) is 42.7 Å². The van der Waals surface area contributed by atoms with E-state index >= 15 is 0 Å². The molecule has 0 bridgehead atoms. The fourth-order valence-corrected chi connectivity index (χ4v) is 2.22. The lowest BCUT2D eigenvalue weighted by Crippen LogP contribution is -1.87. The van der Waals surface area contributed by atoms with Gasteiger partial charge in [-0.15, -0.1) is 0 Å². The lowest BCUT2D eigenvalue weighted by Gasteiger charge is -2.08. The van der Waals surface area contributed by atoms with Crippen LogP contribution in [0.25, 0.3) is 22.2 Å². The highest BCUT2D eigenvalue weighted by molar-refractivity contribution is 5.93. The monoisotopic (exact) mass is 222 g/mol. The number of hydrogen-bond acceptors (Lipinski definition) is 1. The third-order valence-corrected chi connectivity index (χ3v) is 3.14. The molecule has 0 amide bonds. The molecule has 0 atom stereocenters. The van der Waals surface area contributed by atoms with E-state index in [0.717, 1.165) is 5.65 Å². The molecule has 0 aliphatic heterocycles. The number of nitrogens with one attached hydrogen (secondary N) is 1. The number of aryl methyl sites for hydroxylation is 2. The number of pyridine rings is 1. The Morgan fingerprint density at radius 3 is 2.76 bits per heavy atom. The molecule has 2 heteroatoms. The van der Waals surface area contributed by atoms with Gasteiger partial charge in [-0.1, -0.05) is 23.8 Å². The molecule has 2 aromatic heterocycles. The highest BCUT2D eigenvalue weighted by atomic mass is 14.8. The maximum absolute atomic E-state index is 4.32. The van der Waals surface area contributed by atoms with E-state index in [1.54, 1.807) is 0 Å². The Kier molecular flexibility index (Phi) is 2.22. The van der Waals surface area contributed by atoms with Gasteiger partial charge < -0.3 is 4.98 Å². The van der Waals surface area contributed by atoms with Crippen molar-refractivity contribution in [1.82, 2.24) is 9.97 Å². The molecule has 0 saturated carbocycles. The molecule has 17 heavy (non-hydrogen) atoms. The quantitative estimate of drug-likeness (QED) is 0.665. The van der Waals surface area contributed by atoms with Gasteiger partial charge in [0, 0.05) is 17.8 Å². The molecule has 1 aromatic carbocycles. The van der Waals surface area contributed by atoms with Crippen LogP contribution in [-0.4, -0.2) is 9.97 Å². The van der Waals surface area contributed by atoms with Gasteiger partial charge in [0.2, 0.25) is 0 Å².